The highest BCUT2D eigenvalue weighted by Crippen LogP contribution is 2.32. The van der Waals surface area contributed by atoms with E-state index in [9.17, 15) is 13.2 Å². The quantitative estimate of drug-likeness (QED) is 0.613. The van der Waals surface area contributed by atoms with Crippen molar-refractivity contribution in [2.45, 2.75) is 26.4 Å². The summed E-state index contributed by atoms with van der Waals surface area (Å²) >= 11 is 0. The fourth-order valence-corrected chi connectivity index (χ4v) is 1.14. The van der Waals surface area contributed by atoms with Gasteiger partial charge in [0.05, 0.1) is 17.1 Å². The van der Waals surface area contributed by atoms with Crippen molar-refractivity contribution < 1.29 is 13.2 Å². The van der Waals surface area contributed by atoms with E-state index in [0.717, 1.165) is 12.1 Å². The van der Waals surface area contributed by atoms with Crippen LogP contribution in [0.4, 0.5) is 18.9 Å². The van der Waals surface area contributed by atoms with Crippen LogP contribution < -0.4 is 5.73 Å². The lowest BCUT2D eigenvalue weighted by Crippen LogP contribution is -2.09. The standard InChI is InChI=1S/C11H13F3N2/c1-3-10(15)16-9-6-8(11(12,13)14)5-4-7(9)2/h4-6H,3H2,1-2H3,(H2,15,16). The number of nitrogens with two attached hydrogens (primary N) is 1. The van der Waals surface area contributed by atoms with E-state index in [1.807, 2.05) is 0 Å². The topological polar surface area (TPSA) is 38.4 Å². The van der Waals surface area contributed by atoms with Crippen LogP contribution in [0.1, 0.15) is 24.5 Å². The molecule has 88 valence electrons. The Kier molecular flexibility index (Phi) is 3.57. The molecule has 1 rings (SSSR count). The Morgan fingerprint density at radius 1 is 1.38 bits per heavy atom. The Hall–Kier alpha value is -1.52. The van der Waals surface area contributed by atoms with Crippen LogP contribution in [0.25, 0.3) is 0 Å². The van der Waals surface area contributed by atoms with E-state index in [-0.39, 0.29) is 5.69 Å². The minimum absolute atomic E-state index is 0.272. The molecule has 0 radical (unpaired) electrons. The lowest BCUT2D eigenvalue weighted by molar-refractivity contribution is -0.137. The van der Waals surface area contributed by atoms with E-state index >= 15 is 0 Å². The van der Waals surface area contributed by atoms with Crippen molar-refractivity contribution in [1.29, 1.82) is 0 Å². The molecule has 0 heterocycles. The third-order valence-corrected chi connectivity index (χ3v) is 2.16. The van der Waals surface area contributed by atoms with E-state index in [2.05, 4.69) is 4.99 Å². The van der Waals surface area contributed by atoms with Gasteiger partial charge in [-0.3, -0.25) is 0 Å². The molecule has 0 amide bonds. The zero-order valence-electron chi connectivity index (χ0n) is 9.10. The van der Waals surface area contributed by atoms with Gasteiger partial charge in [-0.2, -0.15) is 13.2 Å². The van der Waals surface area contributed by atoms with Gasteiger partial charge < -0.3 is 5.73 Å². The van der Waals surface area contributed by atoms with Gasteiger partial charge in [-0.15, -0.1) is 0 Å². The largest absolute Gasteiger partial charge is 0.416 e. The minimum atomic E-state index is -4.35. The second kappa shape index (κ2) is 4.55. The molecule has 0 aliphatic rings. The summed E-state index contributed by atoms with van der Waals surface area (Å²) in [6, 6.07) is 3.44. The Morgan fingerprint density at radius 2 is 2.00 bits per heavy atom. The first-order valence-corrected chi connectivity index (χ1v) is 4.85. The molecular weight excluding hydrogens is 217 g/mol. The molecule has 2 N–H and O–H groups in total. The van der Waals surface area contributed by atoms with Crippen LogP contribution in [-0.2, 0) is 6.18 Å². The van der Waals surface area contributed by atoms with Crippen LogP contribution in [-0.4, -0.2) is 5.84 Å². The van der Waals surface area contributed by atoms with Crippen molar-refractivity contribution in [1.82, 2.24) is 0 Å². The maximum atomic E-state index is 12.4. The van der Waals surface area contributed by atoms with Gasteiger partial charge in [-0.1, -0.05) is 13.0 Å². The van der Waals surface area contributed by atoms with E-state index in [0.29, 0.717) is 17.8 Å². The Bertz CT molecular complexity index is 408. The summed E-state index contributed by atoms with van der Waals surface area (Å²) in [6.45, 7) is 3.49. The van der Waals surface area contributed by atoms with Gasteiger partial charge in [-0.05, 0) is 24.6 Å². The van der Waals surface area contributed by atoms with E-state index in [1.54, 1.807) is 13.8 Å². The summed E-state index contributed by atoms with van der Waals surface area (Å²) in [6.07, 6.45) is -3.84. The fraction of sp³-hybridized carbons (Fsp3) is 0.364. The van der Waals surface area contributed by atoms with Gasteiger partial charge in [0, 0.05) is 6.42 Å². The molecular formula is C11H13F3N2. The predicted molar refractivity (Wildman–Crippen MR) is 57.8 cm³/mol. The smallest absolute Gasteiger partial charge is 0.387 e. The van der Waals surface area contributed by atoms with Crippen LogP contribution in [0.2, 0.25) is 0 Å². The number of hydrogen-bond donors (Lipinski definition) is 1. The Balaban J connectivity index is 3.19. The number of nitrogens with zero attached hydrogens (tertiary/aromatic N) is 1. The molecule has 0 aromatic heterocycles. The molecule has 0 fully saturated rings. The average Bonchev–Trinajstić information content (AvgIpc) is 2.19. The van der Waals surface area contributed by atoms with Gasteiger partial charge in [0.2, 0.25) is 0 Å². The molecule has 0 saturated heterocycles. The molecule has 0 bridgehead atoms. The Morgan fingerprint density at radius 3 is 2.50 bits per heavy atom. The number of hydrogen-bond acceptors (Lipinski definition) is 1. The van der Waals surface area contributed by atoms with Crippen molar-refractivity contribution in [3.05, 3.63) is 29.3 Å². The summed E-state index contributed by atoms with van der Waals surface area (Å²) in [5, 5.41) is 0. The molecule has 0 aliphatic carbocycles. The number of amidine groups is 1. The maximum Gasteiger partial charge on any atom is 0.416 e. The monoisotopic (exact) mass is 230 g/mol. The summed E-state index contributed by atoms with van der Waals surface area (Å²) in [7, 11) is 0. The lowest BCUT2D eigenvalue weighted by atomic mass is 10.1. The zero-order chi connectivity index (χ0) is 12.3. The van der Waals surface area contributed by atoms with Crippen LogP contribution in [0.3, 0.4) is 0 Å². The highest BCUT2D eigenvalue weighted by Gasteiger charge is 2.30. The second-order valence-corrected chi connectivity index (χ2v) is 3.46. The van der Waals surface area contributed by atoms with Crippen molar-refractivity contribution in [3.63, 3.8) is 0 Å². The van der Waals surface area contributed by atoms with Gasteiger partial charge in [0.1, 0.15) is 0 Å². The van der Waals surface area contributed by atoms with Crippen LogP contribution >= 0.6 is 0 Å². The lowest BCUT2D eigenvalue weighted by Gasteiger charge is -2.09. The molecule has 0 saturated carbocycles. The van der Waals surface area contributed by atoms with Crippen LogP contribution in [0, 0.1) is 6.92 Å². The zero-order valence-corrected chi connectivity index (χ0v) is 9.10. The molecule has 0 aliphatic heterocycles. The summed E-state index contributed by atoms with van der Waals surface area (Å²) in [5.74, 6) is 0.322. The van der Waals surface area contributed by atoms with E-state index < -0.39 is 11.7 Å². The van der Waals surface area contributed by atoms with Crippen LogP contribution in [0.15, 0.2) is 23.2 Å². The van der Waals surface area contributed by atoms with Gasteiger partial charge in [0.15, 0.2) is 0 Å². The van der Waals surface area contributed by atoms with Crippen molar-refractivity contribution >= 4 is 11.5 Å². The molecule has 16 heavy (non-hydrogen) atoms. The number of halogens is 3. The first-order valence-electron chi connectivity index (χ1n) is 4.85. The molecule has 1 aromatic carbocycles. The van der Waals surface area contributed by atoms with E-state index in [1.165, 1.54) is 6.07 Å². The number of alkyl halides is 3. The molecule has 5 heteroatoms. The summed E-state index contributed by atoms with van der Waals surface area (Å²) < 4.78 is 37.3. The second-order valence-electron chi connectivity index (χ2n) is 3.46. The highest BCUT2D eigenvalue weighted by molar-refractivity contribution is 5.83. The molecule has 0 atom stereocenters. The Labute approximate surface area is 92.0 Å². The van der Waals surface area contributed by atoms with Gasteiger partial charge >= 0.3 is 6.18 Å². The number of aryl methyl sites for hydroxylation is 1. The number of benzene rings is 1. The van der Waals surface area contributed by atoms with Gasteiger partial charge in [0.25, 0.3) is 0 Å². The minimum Gasteiger partial charge on any atom is -0.387 e. The fourth-order valence-electron chi connectivity index (χ4n) is 1.14. The highest BCUT2D eigenvalue weighted by atomic mass is 19.4. The number of rotatable bonds is 2. The van der Waals surface area contributed by atoms with E-state index in [4.69, 9.17) is 5.73 Å². The molecule has 1 aromatic rings. The van der Waals surface area contributed by atoms with Crippen molar-refractivity contribution in [2.24, 2.45) is 10.7 Å². The molecule has 2 nitrogen and oxygen atoms in total. The van der Waals surface area contributed by atoms with Crippen LogP contribution in [0.5, 0.6) is 0 Å². The SMILES string of the molecule is CCC(N)=Nc1cc(C(F)(F)F)ccc1C. The summed E-state index contributed by atoms with van der Waals surface area (Å²) in [5.41, 5.74) is 5.74. The maximum absolute atomic E-state index is 12.4. The normalized spacial score (nSPS) is 12.9. The first-order chi connectivity index (χ1) is 7.34. The summed E-state index contributed by atoms with van der Waals surface area (Å²) in [4.78, 5) is 3.95. The first kappa shape index (κ1) is 12.5. The van der Waals surface area contributed by atoms with Gasteiger partial charge in [-0.25, -0.2) is 4.99 Å². The third-order valence-electron chi connectivity index (χ3n) is 2.16. The number of aliphatic imine (C=N–C) groups is 1. The third kappa shape index (κ3) is 2.98. The molecule has 0 unspecified atom stereocenters. The van der Waals surface area contributed by atoms with Crippen molar-refractivity contribution in [2.75, 3.05) is 0 Å². The predicted octanol–water partition coefficient (Wildman–Crippen LogP) is 3.41. The average molecular weight is 230 g/mol. The molecule has 0 spiro atoms. The van der Waals surface area contributed by atoms with Crippen molar-refractivity contribution in [3.8, 4) is 0 Å².